The van der Waals surface area contributed by atoms with Crippen LogP contribution in [0.15, 0.2) is 30.9 Å². The number of hydrogen-bond donors (Lipinski definition) is 3. The number of likely N-dealkylation sites (tertiary alicyclic amines) is 2. The highest BCUT2D eigenvalue weighted by atomic mass is 16.5. The monoisotopic (exact) mass is 1060 g/mol. The molecule has 19 heteroatoms. The first-order valence-corrected chi connectivity index (χ1v) is 26.9. The topological polar surface area (TPSA) is 239 Å². The Balaban J connectivity index is 0.000000429. The van der Waals surface area contributed by atoms with Crippen molar-refractivity contribution < 1.29 is 32.5 Å². The van der Waals surface area contributed by atoms with Gasteiger partial charge in [-0.05, 0) is 134 Å². The van der Waals surface area contributed by atoms with Gasteiger partial charge >= 0.3 is 11.8 Å². The van der Waals surface area contributed by atoms with Gasteiger partial charge < -0.3 is 33.8 Å². The van der Waals surface area contributed by atoms with Gasteiger partial charge in [-0.1, -0.05) is 88.2 Å². The van der Waals surface area contributed by atoms with E-state index in [1.807, 2.05) is 134 Å². The summed E-state index contributed by atoms with van der Waals surface area (Å²) in [5.74, 6) is 3.34. The number of aromatic amines is 1. The average molecular weight is 1060 g/mol. The molecular weight excluding hydrogens is 955 g/mol. The van der Waals surface area contributed by atoms with Gasteiger partial charge in [0, 0.05) is 82.2 Å². The van der Waals surface area contributed by atoms with Crippen LogP contribution < -0.4 is 16.4 Å². The van der Waals surface area contributed by atoms with E-state index in [-0.39, 0.29) is 50.2 Å². The summed E-state index contributed by atoms with van der Waals surface area (Å²) in [5, 5.41) is 22.4. The van der Waals surface area contributed by atoms with E-state index in [1.54, 1.807) is 0 Å². The van der Waals surface area contributed by atoms with E-state index in [2.05, 4.69) is 87.6 Å². The van der Waals surface area contributed by atoms with Crippen LogP contribution in [0.5, 0.6) is 0 Å². The minimum atomic E-state index is -0.495. The molecule has 3 saturated heterocycles. The molecule has 8 rings (SSSR count). The number of rotatable bonds is 3. The van der Waals surface area contributed by atoms with Crippen molar-refractivity contribution in [1.82, 2.24) is 55.9 Å². The zero-order valence-electron chi connectivity index (χ0n) is 51.1. The first kappa shape index (κ1) is 68.1. The number of Topliss-reactive ketones (excluding diaryl/α,β-unsaturated/α-hetero) is 1. The van der Waals surface area contributed by atoms with Crippen molar-refractivity contribution >= 4 is 23.6 Å². The summed E-state index contributed by atoms with van der Waals surface area (Å²) in [6, 6.07) is 0.0625. The maximum absolute atomic E-state index is 11.3. The number of amides is 4. The van der Waals surface area contributed by atoms with Crippen molar-refractivity contribution in [3.05, 3.63) is 40.9 Å². The number of carbonyl (C=O) groups is 4. The van der Waals surface area contributed by atoms with E-state index < -0.39 is 5.76 Å². The molecule has 3 aromatic heterocycles. The number of hydrogen-bond acceptors (Lipinski definition) is 14. The number of ketones is 1. The summed E-state index contributed by atoms with van der Waals surface area (Å²) in [4.78, 5) is 64.9. The van der Waals surface area contributed by atoms with Crippen LogP contribution >= 0.6 is 0 Å². The maximum Gasteiger partial charge on any atom is 0.434 e. The van der Waals surface area contributed by atoms with E-state index in [0.29, 0.717) is 40.8 Å². The van der Waals surface area contributed by atoms with Crippen LogP contribution in [-0.2, 0) is 30.6 Å². The summed E-state index contributed by atoms with van der Waals surface area (Å²) in [7, 11) is 0. The lowest BCUT2D eigenvalue weighted by Crippen LogP contribution is -2.54. The molecule has 4 amide bonds. The molecule has 0 bridgehead atoms. The zero-order chi connectivity index (χ0) is 58.2. The van der Waals surface area contributed by atoms with Crippen LogP contribution in [0.2, 0.25) is 0 Å². The van der Waals surface area contributed by atoms with Gasteiger partial charge in [0.15, 0.2) is 6.33 Å². The molecule has 3 N–H and O–H groups in total. The normalized spacial score (nSPS) is 16.9. The van der Waals surface area contributed by atoms with Crippen molar-refractivity contribution in [2.24, 2.45) is 17.3 Å². The Bertz CT molecular complexity index is 2140. The Kier molecular flexibility index (Phi) is 25.3. The molecule has 19 nitrogen and oxygen atoms in total. The van der Waals surface area contributed by atoms with Gasteiger partial charge in [-0.2, -0.15) is 4.98 Å². The van der Waals surface area contributed by atoms with Crippen molar-refractivity contribution in [2.45, 2.75) is 250 Å². The van der Waals surface area contributed by atoms with E-state index in [9.17, 15) is 24.0 Å². The number of nitrogens with zero attached hydrogens (tertiary/aromatic N) is 8. The molecule has 75 heavy (non-hydrogen) atoms. The standard InChI is InChI=1S/C9H16O.C8H15NO.C7H14N2O.C7H13NO.C7H15N.C6H10N2O2.2C6H10N2O/c1-9(2,3)8(10)6-7-4-5-7;1-8(2,3)9-7(10)6-4-5-6;1-7(2,3)9-5-4-8-6(9)10;1-7(2,3)8-5-4-6(8)9;1-7(2,3)8-5-4-6-8;1-6(2,3)4-7-8-5(9)10-4;1-6(2,3)5-8-7-4-9-5;1-6(2,3)5-7-4-8-9-5/h7H,4-6H2,1-3H3;6H,4-5H2,1-3H3,(H,9,10);4-5H2,1-3H3,(H,8,10);4-5H2,1-3H3;4-6H2,1-3H3;1-3H3,(H,8,9);2*4H,1-3H3. The van der Waals surface area contributed by atoms with Gasteiger partial charge in [0.2, 0.25) is 35.9 Å². The van der Waals surface area contributed by atoms with E-state index >= 15 is 0 Å². The lowest BCUT2D eigenvalue weighted by molar-refractivity contribution is -0.146. The Morgan fingerprint density at radius 1 is 0.667 bits per heavy atom. The first-order valence-electron chi connectivity index (χ1n) is 26.9. The minimum Gasteiger partial charge on any atom is -0.427 e. The minimum absolute atomic E-state index is 0.0174. The van der Waals surface area contributed by atoms with Crippen LogP contribution in [0.3, 0.4) is 0 Å². The molecule has 0 aromatic carbocycles. The summed E-state index contributed by atoms with van der Waals surface area (Å²) >= 11 is 0. The molecular formula is C56H103N11O8. The SMILES string of the molecule is CC(C)(C)C(=O)CC1CC1.CC(C)(C)N1CCC1.CC(C)(C)N1CCC1=O.CC(C)(C)N1CCNC1=O.CC(C)(C)NC(=O)C1CC1.CC(C)(C)c1n[nH]c(=O)o1.CC(C)(C)c1ncno1.CC(C)(C)c1nnco1. The van der Waals surface area contributed by atoms with Gasteiger partial charge in [-0.15, -0.1) is 15.3 Å². The molecule has 0 unspecified atom stereocenters. The third-order valence-electron chi connectivity index (χ3n) is 11.7. The summed E-state index contributed by atoms with van der Waals surface area (Å²) in [5.41, 5.74) is 0.0581. The molecule has 430 valence electrons. The second kappa shape index (κ2) is 27.9. The van der Waals surface area contributed by atoms with Crippen LogP contribution in [0.1, 0.15) is 229 Å². The number of aromatic nitrogens is 6. The molecule has 3 aliphatic heterocycles. The fourth-order valence-electron chi connectivity index (χ4n) is 6.38. The second-order valence-corrected chi connectivity index (χ2v) is 28.0. The van der Waals surface area contributed by atoms with Crippen LogP contribution in [0, 0.1) is 17.3 Å². The van der Waals surface area contributed by atoms with Gasteiger partial charge in [0.25, 0.3) is 0 Å². The average Bonchev–Trinajstić information content (AvgIpc) is 3.84. The van der Waals surface area contributed by atoms with E-state index in [0.717, 1.165) is 51.2 Å². The highest BCUT2D eigenvalue weighted by molar-refractivity contribution is 5.84. The van der Waals surface area contributed by atoms with Crippen LogP contribution in [-0.4, -0.2) is 124 Å². The maximum atomic E-state index is 11.3. The number of H-pyrrole nitrogens is 1. The highest BCUT2D eigenvalue weighted by Gasteiger charge is 2.34. The molecule has 6 heterocycles. The molecule has 5 aliphatic rings. The highest BCUT2D eigenvalue weighted by Crippen LogP contribution is 2.35. The predicted molar refractivity (Wildman–Crippen MR) is 296 cm³/mol. The predicted octanol–water partition coefficient (Wildman–Crippen LogP) is 10.4. The smallest absolute Gasteiger partial charge is 0.427 e. The van der Waals surface area contributed by atoms with Gasteiger partial charge in [0.05, 0.1) is 0 Å². The number of urea groups is 1. The van der Waals surface area contributed by atoms with E-state index in [4.69, 9.17) is 13.4 Å². The van der Waals surface area contributed by atoms with Crippen molar-refractivity contribution in [3.63, 3.8) is 0 Å². The summed E-state index contributed by atoms with van der Waals surface area (Å²) < 4.78 is 14.5. The fourth-order valence-corrected chi connectivity index (χ4v) is 6.38. The Morgan fingerprint density at radius 2 is 1.20 bits per heavy atom. The zero-order valence-corrected chi connectivity index (χ0v) is 51.1. The molecule has 0 radical (unpaired) electrons. The number of β-lactam (4-membered cyclic amide) rings is 1. The molecule has 0 atom stereocenters. The van der Waals surface area contributed by atoms with Crippen molar-refractivity contribution in [3.8, 4) is 0 Å². The third kappa shape index (κ3) is 28.7. The molecule has 3 aromatic rings. The van der Waals surface area contributed by atoms with Gasteiger partial charge in [-0.3, -0.25) is 19.3 Å². The summed E-state index contributed by atoms with van der Waals surface area (Å²) in [6.07, 6.45) is 10.5. The van der Waals surface area contributed by atoms with E-state index in [1.165, 1.54) is 45.1 Å². The fraction of sp³-hybridized carbons (Fsp3) is 0.821. The quantitative estimate of drug-likeness (QED) is 0.207. The number of nitrogens with one attached hydrogen (secondary N) is 3. The lowest BCUT2D eigenvalue weighted by Gasteiger charge is -2.42. The molecule has 2 saturated carbocycles. The van der Waals surface area contributed by atoms with Crippen LogP contribution in [0.25, 0.3) is 0 Å². The van der Waals surface area contributed by atoms with Gasteiger partial charge in [0.1, 0.15) is 5.78 Å². The van der Waals surface area contributed by atoms with Crippen molar-refractivity contribution in [1.29, 1.82) is 0 Å². The van der Waals surface area contributed by atoms with Crippen LogP contribution in [0.4, 0.5) is 4.79 Å². The largest absolute Gasteiger partial charge is 0.434 e. The molecule has 2 aliphatic carbocycles. The van der Waals surface area contributed by atoms with Crippen molar-refractivity contribution in [2.75, 3.05) is 32.7 Å². The molecule has 0 spiro atoms. The number of carbonyl (C=O) groups excluding carboxylic acids is 4. The Labute approximate surface area is 451 Å². The Morgan fingerprint density at radius 3 is 1.39 bits per heavy atom. The third-order valence-corrected chi connectivity index (χ3v) is 11.7. The Hall–Kier alpha value is -4.94. The lowest BCUT2D eigenvalue weighted by atomic mass is 9.88. The first-order chi connectivity index (χ1) is 33.8. The summed E-state index contributed by atoms with van der Waals surface area (Å²) in [6.45, 7) is 54.2. The second-order valence-electron chi connectivity index (χ2n) is 28.0. The van der Waals surface area contributed by atoms with Gasteiger partial charge in [-0.25, -0.2) is 14.7 Å². The molecule has 5 fully saturated rings.